The SMILES string of the molecule is CCOC(=O)Nc1ccc2c(Cn3cc(C(F)(F)F)cc(Cl)c3=O)cc(=O)oc2c1. The Morgan fingerprint density at radius 3 is 2.63 bits per heavy atom. The van der Waals surface area contributed by atoms with E-state index in [-0.39, 0.29) is 30.0 Å². The molecule has 3 rings (SSSR count). The molecule has 0 aliphatic heterocycles. The number of halogens is 4. The Balaban J connectivity index is 2.05. The molecule has 0 radical (unpaired) electrons. The summed E-state index contributed by atoms with van der Waals surface area (Å²) in [5.74, 6) is 0. The van der Waals surface area contributed by atoms with Crippen molar-refractivity contribution in [2.24, 2.45) is 0 Å². The molecule has 7 nitrogen and oxygen atoms in total. The van der Waals surface area contributed by atoms with E-state index in [9.17, 15) is 27.6 Å². The zero-order valence-electron chi connectivity index (χ0n) is 15.4. The zero-order valence-corrected chi connectivity index (χ0v) is 16.1. The van der Waals surface area contributed by atoms with Gasteiger partial charge >= 0.3 is 17.9 Å². The monoisotopic (exact) mass is 442 g/mol. The lowest BCUT2D eigenvalue weighted by Crippen LogP contribution is -2.24. The molecule has 0 fully saturated rings. The highest BCUT2D eigenvalue weighted by Gasteiger charge is 2.32. The number of hydrogen-bond donors (Lipinski definition) is 1. The minimum Gasteiger partial charge on any atom is -0.450 e. The Hall–Kier alpha value is -3.27. The number of rotatable bonds is 4. The van der Waals surface area contributed by atoms with Gasteiger partial charge in [0, 0.05) is 29.4 Å². The number of aromatic nitrogens is 1. The molecule has 0 unspecified atom stereocenters. The largest absolute Gasteiger partial charge is 0.450 e. The van der Waals surface area contributed by atoms with E-state index in [1.807, 2.05) is 0 Å². The number of alkyl halides is 3. The van der Waals surface area contributed by atoms with Crippen molar-refractivity contribution in [2.75, 3.05) is 11.9 Å². The molecule has 3 aromatic rings. The molecule has 0 atom stereocenters. The van der Waals surface area contributed by atoms with Gasteiger partial charge in [0.1, 0.15) is 10.6 Å². The van der Waals surface area contributed by atoms with Gasteiger partial charge < -0.3 is 13.7 Å². The number of hydrogen-bond acceptors (Lipinski definition) is 5. The summed E-state index contributed by atoms with van der Waals surface area (Å²) < 4.78 is 49.8. The van der Waals surface area contributed by atoms with Crippen molar-refractivity contribution < 1.29 is 27.1 Å². The highest BCUT2D eigenvalue weighted by atomic mass is 35.5. The van der Waals surface area contributed by atoms with Gasteiger partial charge in [-0.15, -0.1) is 0 Å². The van der Waals surface area contributed by atoms with Crippen LogP contribution in [0.25, 0.3) is 11.0 Å². The van der Waals surface area contributed by atoms with Crippen LogP contribution < -0.4 is 16.5 Å². The van der Waals surface area contributed by atoms with E-state index in [4.69, 9.17) is 20.8 Å². The predicted molar refractivity (Wildman–Crippen MR) is 103 cm³/mol. The number of fused-ring (bicyclic) bond motifs is 1. The molecule has 1 amide bonds. The second kappa shape index (κ2) is 8.23. The van der Waals surface area contributed by atoms with E-state index < -0.39 is 34.0 Å². The quantitative estimate of drug-likeness (QED) is 0.610. The normalized spacial score (nSPS) is 11.5. The van der Waals surface area contributed by atoms with E-state index in [1.54, 1.807) is 6.92 Å². The van der Waals surface area contributed by atoms with Crippen LogP contribution in [0.3, 0.4) is 0 Å². The van der Waals surface area contributed by atoms with Crippen molar-refractivity contribution >= 4 is 34.4 Å². The van der Waals surface area contributed by atoms with Crippen LogP contribution in [0, 0.1) is 0 Å². The summed E-state index contributed by atoms with van der Waals surface area (Å²) in [7, 11) is 0. The molecule has 1 N–H and O–H groups in total. The number of anilines is 1. The van der Waals surface area contributed by atoms with Gasteiger partial charge in [0.15, 0.2) is 0 Å². The first-order valence-electron chi connectivity index (χ1n) is 8.56. The average Bonchev–Trinajstić information content (AvgIpc) is 2.64. The zero-order chi connectivity index (χ0) is 22.1. The fourth-order valence-corrected chi connectivity index (χ4v) is 3.00. The highest BCUT2D eigenvalue weighted by Crippen LogP contribution is 2.30. The van der Waals surface area contributed by atoms with Crippen LogP contribution in [-0.2, 0) is 17.5 Å². The maximum absolute atomic E-state index is 13.1. The third-order valence-corrected chi connectivity index (χ3v) is 4.33. The Morgan fingerprint density at radius 2 is 1.97 bits per heavy atom. The maximum Gasteiger partial charge on any atom is 0.417 e. The second-order valence-electron chi connectivity index (χ2n) is 6.15. The Morgan fingerprint density at radius 1 is 1.23 bits per heavy atom. The summed E-state index contributed by atoms with van der Waals surface area (Å²) in [5.41, 5.74) is -2.14. The van der Waals surface area contributed by atoms with E-state index in [1.165, 1.54) is 18.2 Å². The summed E-state index contributed by atoms with van der Waals surface area (Å²) in [4.78, 5) is 35.7. The molecule has 2 aromatic heterocycles. The van der Waals surface area contributed by atoms with Gasteiger partial charge in [0.05, 0.1) is 18.7 Å². The Kier molecular flexibility index (Phi) is 5.88. The molecule has 158 valence electrons. The molecular formula is C19H14ClF3N2O5. The van der Waals surface area contributed by atoms with Crippen molar-refractivity contribution in [1.29, 1.82) is 0 Å². The molecule has 0 aliphatic carbocycles. The van der Waals surface area contributed by atoms with Gasteiger partial charge in [-0.25, -0.2) is 9.59 Å². The van der Waals surface area contributed by atoms with E-state index in [2.05, 4.69) is 5.32 Å². The molecule has 0 bridgehead atoms. The second-order valence-corrected chi connectivity index (χ2v) is 6.56. The number of nitrogens with zero attached hydrogens (tertiary/aromatic N) is 1. The van der Waals surface area contributed by atoms with Crippen LogP contribution in [0.2, 0.25) is 5.02 Å². The fraction of sp³-hybridized carbons (Fsp3) is 0.211. The van der Waals surface area contributed by atoms with E-state index in [0.717, 1.165) is 10.6 Å². The first-order chi connectivity index (χ1) is 14.1. The van der Waals surface area contributed by atoms with Gasteiger partial charge in [0.2, 0.25) is 0 Å². The molecule has 30 heavy (non-hydrogen) atoms. The van der Waals surface area contributed by atoms with Gasteiger partial charge in [-0.3, -0.25) is 10.1 Å². The number of amides is 1. The van der Waals surface area contributed by atoms with Crippen LogP contribution in [-0.4, -0.2) is 17.3 Å². The van der Waals surface area contributed by atoms with Crippen LogP contribution in [0.15, 0.2) is 50.5 Å². The molecule has 1 aromatic carbocycles. The molecular weight excluding hydrogens is 429 g/mol. The number of nitrogens with one attached hydrogen (secondary N) is 1. The van der Waals surface area contributed by atoms with E-state index in [0.29, 0.717) is 17.6 Å². The van der Waals surface area contributed by atoms with Crippen molar-refractivity contribution in [2.45, 2.75) is 19.6 Å². The molecule has 0 aliphatic rings. The molecule has 2 heterocycles. The minimum atomic E-state index is -4.70. The summed E-state index contributed by atoms with van der Waals surface area (Å²) in [6.07, 6.45) is -4.78. The summed E-state index contributed by atoms with van der Waals surface area (Å²) >= 11 is 5.67. The van der Waals surface area contributed by atoms with Crippen LogP contribution in [0.4, 0.5) is 23.7 Å². The van der Waals surface area contributed by atoms with Crippen molar-refractivity contribution in [3.8, 4) is 0 Å². The number of carbonyl (C=O) groups is 1. The van der Waals surface area contributed by atoms with Crippen LogP contribution in [0.1, 0.15) is 18.1 Å². The number of pyridine rings is 1. The lowest BCUT2D eigenvalue weighted by molar-refractivity contribution is -0.138. The van der Waals surface area contributed by atoms with Gasteiger partial charge in [0.25, 0.3) is 5.56 Å². The Bertz CT molecular complexity index is 1230. The van der Waals surface area contributed by atoms with Crippen molar-refractivity contribution in [3.63, 3.8) is 0 Å². The Labute approximate surface area is 171 Å². The first kappa shape index (κ1) is 21.4. The standard InChI is InChI=1S/C19H14ClF3N2O5/c1-2-29-18(28)24-12-3-4-13-10(5-16(26)30-15(13)7-12)8-25-9-11(19(21,22)23)6-14(20)17(25)27/h3-7,9H,2,8H2,1H3,(H,24,28). The lowest BCUT2D eigenvalue weighted by Gasteiger charge is -2.13. The molecule has 0 saturated carbocycles. The average molecular weight is 443 g/mol. The third kappa shape index (κ3) is 4.65. The van der Waals surface area contributed by atoms with Gasteiger partial charge in [-0.1, -0.05) is 11.6 Å². The number of benzene rings is 1. The van der Waals surface area contributed by atoms with Crippen LogP contribution in [0.5, 0.6) is 0 Å². The predicted octanol–water partition coefficient (Wildman–Crippen LogP) is 4.24. The number of carbonyl (C=O) groups excluding carboxylic acids is 1. The topological polar surface area (TPSA) is 90.5 Å². The smallest absolute Gasteiger partial charge is 0.417 e. The fourth-order valence-electron chi connectivity index (χ4n) is 2.78. The summed E-state index contributed by atoms with van der Waals surface area (Å²) in [6.45, 7) is 1.44. The third-order valence-electron chi connectivity index (χ3n) is 4.06. The molecule has 11 heteroatoms. The van der Waals surface area contributed by atoms with Crippen LogP contribution >= 0.6 is 11.6 Å². The van der Waals surface area contributed by atoms with Gasteiger partial charge in [-0.05, 0) is 30.7 Å². The van der Waals surface area contributed by atoms with E-state index >= 15 is 0 Å². The summed E-state index contributed by atoms with van der Waals surface area (Å²) in [6, 6.07) is 5.96. The summed E-state index contributed by atoms with van der Waals surface area (Å²) in [5, 5.41) is 2.21. The van der Waals surface area contributed by atoms with Gasteiger partial charge in [-0.2, -0.15) is 13.2 Å². The molecule has 0 saturated heterocycles. The van der Waals surface area contributed by atoms with Crippen molar-refractivity contribution in [1.82, 2.24) is 4.57 Å². The lowest BCUT2D eigenvalue weighted by atomic mass is 10.1. The minimum absolute atomic E-state index is 0.0675. The highest BCUT2D eigenvalue weighted by molar-refractivity contribution is 6.30. The number of ether oxygens (including phenoxy) is 1. The first-order valence-corrected chi connectivity index (χ1v) is 8.94. The maximum atomic E-state index is 13.1. The molecule has 0 spiro atoms. The van der Waals surface area contributed by atoms with Crippen molar-refractivity contribution in [3.05, 3.63) is 73.5 Å².